The van der Waals surface area contributed by atoms with Crippen LogP contribution in [0, 0.1) is 18.3 Å². The molecule has 1 aliphatic heterocycles. The molecule has 0 fully saturated rings. The van der Waals surface area contributed by atoms with Gasteiger partial charge in [-0.05, 0) is 25.1 Å². The van der Waals surface area contributed by atoms with E-state index in [0.717, 1.165) is 22.5 Å². The van der Waals surface area contributed by atoms with Gasteiger partial charge in [0.2, 0.25) is 6.23 Å². The van der Waals surface area contributed by atoms with Gasteiger partial charge in [0.25, 0.3) is 0 Å². The van der Waals surface area contributed by atoms with Crippen LogP contribution in [-0.2, 0) is 0 Å². The molecule has 5 heteroatoms. The van der Waals surface area contributed by atoms with E-state index in [0.29, 0.717) is 17.1 Å². The summed E-state index contributed by atoms with van der Waals surface area (Å²) in [4.78, 5) is 8.80. The van der Waals surface area contributed by atoms with Crippen molar-refractivity contribution in [3.63, 3.8) is 0 Å². The molecule has 1 N–H and O–H groups in total. The lowest BCUT2D eigenvalue weighted by Gasteiger charge is -2.13. The molecule has 0 amide bonds. The van der Waals surface area contributed by atoms with Crippen molar-refractivity contribution in [2.24, 2.45) is 4.99 Å². The Balaban J connectivity index is 2.06. The summed E-state index contributed by atoms with van der Waals surface area (Å²) in [5, 5.41) is 19.8. The van der Waals surface area contributed by atoms with Crippen LogP contribution in [0.4, 0.5) is 0 Å². The van der Waals surface area contributed by atoms with Gasteiger partial charge in [-0.2, -0.15) is 5.26 Å². The summed E-state index contributed by atoms with van der Waals surface area (Å²) in [5.41, 5.74) is 4.65. The third kappa shape index (κ3) is 2.13. The number of nitrogens with zero attached hydrogens (tertiary/aromatic N) is 4. The molecule has 24 heavy (non-hydrogen) atoms. The fourth-order valence-corrected chi connectivity index (χ4v) is 3.02. The molecule has 0 saturated heterocycles. The van der Waals surface area contributed by atoms with E-state index in [1.54, 1.807) is 12.3 Å². The number of aliphatic hydroxyl groups is 1. The Morgan fingerprint density at radius 1 is 1.17 bits per heavy atom. The minimum absolute atomic E-state index is 0.476. The first kappa shape index (κ1) is 14.4. The van der Waals surface area contributed by atoms with E-state index in [9.17, 15) is 10.4 Å². The molecule has 2 heterocycles. The lowest BCUT2D eigenvalue weighted by Crippen LogP contribution is -2.08. The Hall–Kier alpha value is -3.23. The first-order valence-electron chi connectivity index (χ1n) is 7.59. The lowest BCUT2D eigenvalue weighted by molar-refractivity contribution is 0.177. The molecule has 116 valence electrons. The van der Waals surface area contributed by atoms with E-state index in [4.69, 9.17) is 0 Å². The molecule has 1 aliphatic rings. The Morgan fingerprint density at radius 3 is 2.71 bits per heavy atom. The zero-order chi connectivity index (χ0) is 16.7. The SMILES string of the molecule is Cc1cnc2n1-c1ccc(C#N)cc1C(c1ccccc1)=NC2O. The standard InChI is InChI=1S/C19H14N4O/c1-12-11-21-18-19(24)22-17(14-5-3-2-4-6-14)15-9-13(10-20)7-8-16(15)23(12)18/h2-9,11,19,24H,1H3. The minimum Gasteiger partial charge on any atom is -0.365 e. The van der Waals surface area contributed by atoms with Gasteiger partial charge >= 0.3 is 0 Å². The number of benzene rings is 2. The van der Waals surface area contributed by atoms with Crippen LogP contribution >= 0.6 is 0 Å². The van der Waals surface area contributed by atoms with Crippen LogP contribution in [0.2, 0.25) is 0 Å². The topological polar surface area (TPSA) is 74.2 Å². The number of aromatic nitrogens is 2. The minimum atomic E-state index is -1.06. The number of aliphatic imine (C=N–C) groups is 1. The van der Waals surface area contributed by atoms with E-state index in [1.807, 2.05) is 54.0 Å². The molecule has 2 aromatic carbocycles. The number of rotatable bonds is 1. The largest absolute Gasteiger partial charge is 0.365 e. The van der Waals surface area contributed by atoms with Gasteiger partial charge in [0.15, 0.2) is 5.82 Å². The molecule has 5 nitrogen and oxygen atoms in total. The van der Waals surface area contributed by atoms with Gasteiger partial charge in [-0.25, -0.2) is 9.98 Å². The van der Waals surface area contributed by atoms with Crippen molar-refractivity contribution in [1.82, 2.24) is 9.55 Å². The van der Waals surface area contributed by atoms with Crippen molar-refractivity contribution in [2.45, 2.75) is 13.2 Å². The summed E-state index contributed by atoms with van der Waals surface area (Å²) < 4.78 is 1.89. The summed E-state index contributed by atoms with van der Waals surface area (Å²) in [6.45, 7) is 1.93. The van der Waals surface area contributed by atoms with Crippen LogP contribution < -0.4 is 0 Å². The van der Waals surface area contributed by atoms with Crippen LogP contribution in [0.25, 0.3) is 5.69 Å². The van der Waals surface area contributed by atoms with Crippen molar-refractivity contribution in [2.75, 3.05) is 0 Å². The maximum atomic E-state index is 10.5. The maximum Gasteiger partial charge on any atom is 0.205 e. The number of hydrogen-bond donors (Lipinski definition) is 1. The molecule has 0 aliphatic carbocycles. The number of hydrogen-bond acceptors (Lipinski definition) is 4. The zero-order valence-corrected chi connectivity index (χ0v) is 13.0. The molecule has 4 rings (SSSR count). The Labute approximate surface area is 139 Å². The third-order valence-electron chi connectivity index (χ3n) is 4.12. The van der Waals surface area contributed by atoms with Crippen LogP contribution in [0.3, 0.4) is 0 Å². The van der Waals surface area contributed by atoms with Crippen LogP contribution in [0.15, 0.2) is 59.7 Å². The normalized spacial score (nSPS) is 15.7. The summed E-state index contributed by atoms with van der Waals surface area (Å²) in [5.74, 6) is 0.476. The molecule has 0 bridgehead atoms. The van der Waals surface area contributed by atoms with Crippen molar-refractivity contribution >= 4 is 5.71 Å². The summed E-state index contributed by atoms with van der Waals surface area (Å²) in [6, 6.07) is 17.3. The van der Waals surface area contributed by atoms with Gasteiger partial charge in [-0.15, -0.1) is 0 Å². The summed E-state index contributed by atoms with van der Waals surface area (Å²) in [7, 11) is 0. The average molecular weight is 314 g/mol. The van der Waals surface area contributed by atoms with Crippen LogP contribution in [-0.4, -0.2) is 20.4 Å². The molecule has 0 saturated carbocycles. The Kier molecular flexibility index (Phi) is 3.26. The molecule has 3 aromatic rings. The second kappa shape index (κ2) is 5.44. The second-order valence-electron chi connectivity index (χ2n) is 5.65. The fraction of sp³-hybridized carbons (Fsp3) is 0.105. The average Bonchev–Trinajstić information content (AvgIpc) is 2.95. The molecular formula is C19H14N4O. The zero-order valence-electron chi connectivity index (χ0n) is 13.0. The van der Waals surface area contributed by atoms with E-state index in [-0.39, 0.29) is 0 Å². The number of aliphatic hydroxyl groups excluding tert-OH is 1. The van der Waals surface area contributed by atoms with Crippen molar-refractivity contribution in [3.05, 3.63) is 82.9 Å². The van der Waals surface area contributed by atoms with Crippen molar-refractivity contribution < 1.29 is 5.11 Å². The van der Waals surface area contributed by atoms with Gasteiger partial charge in [-0.3, -0.25) is 4.57 Å². The first-order chi connectivity index (χ1) is 11.7. The molecule has 1 atom stereocenters. The van der Waals surface area contributed by atoms with Crippen molar-refractivity contribution in [3.8, 4) is 11.8 Å². The number of imidazole rings is 1. The van der Waals surface area contributed by atoms with Crippen LogP contribution in [0.1, 0.15) is 34.4 Å². The van der Waals surface area contributed by atoms with Gasteiger partial charge < -0.3 is 5.11 Å². The van der Waals surface area contributed by atoms with Gasteiger partial charge in [-0.1, -0.05) is 30.3 Å². The predicted molar refractivity (Wildman–Crippen MR) is 90.1 cm³/mol. The highest BCUT2D eigenvalue weighted by molar-refractivity contribution is 6.15. The Morgan fingerprint density at radius 2 is 1.96 bits per heavy atom. The number of aryl methyl sites for hydroxylation is 1. The molecule has 1 unspecified atom stereocenters. The highest BCUT2D eigenvalue weighted by Gasteiger charge is 2.25. The number of fused-ring (bicyclic) bond motifs is 3. The fourth-order valence-electron chi connectivity index (χ4n) is 3.02. The van der Waals surface area contributed by atoms with Crippen LogP contribution in [0.5, 0.6) is 0 Å². The lowest BCUT2D eigenvalue weighted by atomic mass is 9.98. The highest BCUT2D eigenvalue weighted by atomic mass is 16.3. The Bertz CT molecular complexity index is 996. The molecule has 0 radical (unpaired) electrons. The van der Waals surface area contributed by atoms with E-state index < -0.39 is 6.23 Å². The van der Waals surface area contributed by atoms with Crippen molar-refractivity contribution in [1.29, 1.82) is 5.26 Å². The molecule has 0 spiro atoms. The molecular weight excluding hydrogens is 300 g/mol. The summed E-state index contributed by atoms with van der Waals surface area (Å²) >= 11 is 0. The highest BCUT2D eigenvalue weighted by Crippen LogP contribution is 2.30. The van der Waals surface area contributed by atoms with E-state index >= 15 is 0 Å². The molecule has 1 aromatic heterocycles. The van der Waals surface area contributed by atoms with E-state index in [2.05, 4.69) is 16.0 Å². The van der Waals surface area contributed by atoms with Gasteiger partial charge in [0.05, 0.1) is 23.0 Å². The third-order valence-corrected chi connectivity index (χ3v) is 4.12. The van der Waals surface area contributed by atoms with Gasteiger partial charge in [0, 0.05) is 23.0 Å². The second-order valence-corrected chi connectivity index (χ2v) is 5.65. The smallest absolute Gasteiger partial charge is 0.205 e. The quantitative estimate of drug-likeness (QED) is 0.750. The summed E-state index contributed by atoms with van der Waals surface area (Å²) in [6.07, 6.45) is 0.649. The first-order valence-corrected chi connectivity index (χ1v) is 7.59. The predicted octanol–water partition coefficient (Wildman–Crippen LogP) is 2.89. The monoisotopic (exact) mass is 314 g/mol. The maximum absolute atomic E-state index is 10.5. The van der Waals surface area contributed by atoms with E-state index in [1.165, 1.54) is 0 Å². The van der Waals surface area contributed by atoms with Gasteiger partial charge in [0.1, 0.15) is 0 Å². The number of nitriles is 1.